The van der Waals surface area contributed by atoms with E-state index in [9.17, 15) is 10.1 Å². The van der Waals surface area contributed by atoms with E-state index in [-0.39, 0.29) is 11.4 Å². The lowest BCUT2D eigenvalue weighted by Gasteiger charge is -2.08. The van der Waals surface area contributed by atoms with Crippen LogP contribution in [0.4, 0.5) is 11.4 Å². The quantitative estimate of drug-likeness (QED) is 0.639. The molecular weight excluding hydrogens is 248 g/mol. The Labute approximate surface area is 110 Å². The zero-order chi connectivity index (χ0) is 13.7. The Morgan fingerprint density at radius 2 is 2.26 bits per heavy atom. The first-order valence-electron chi connectivity index (χ1n) is 5.88. The fourth-order valence-electron chi connectivity index (χ4n) is 1.65. The minimum absolute atomic E-state index is 0.0367. The van der Waals surface area contributed by atoms with E-state index in [0.717, 1.165) is 11.4 Å². The Morgan fingerprint density at radius 3 is 2.89 bits per heavy atom. The molecule has 1 aromatic heterocycles. The highest BCUT2D eigenvalue weighted by atomic mass is 16.6. The summed E-state index contributed by atoms with van der Waals surface area (Å²) in [7, 11) is 0. The fraction of sp³-hybridized carbons (Fsp3) is 0.231. The van der Waals surface area contributed by atoms with Crippen molar-refractivity contribution < 1.29 is 14.1 Å². The van der Waals surface area contributed by atoms with Crippen molar-refractivity contribution in [2.24, 2.45) is 0 Å². The van der Waals surface area contributed by atoms with Gasteiger partial charge in [0, 0.05) is 17.8 Å². The number of rotatable bonds is 6. The molecule has 1 aromatic carbocycles. The van der Waals surface area contributed by atoms with Crippen molar-refractivity contribution in [3.05, 3.63) is 52.5 Å². The van der Waals surface area contributed by atoms with Crippen LogP contribution in [0, 0.1) is 10.1 Å². The van der Waals surface area contributed by atoms with Gasteiger partial charge in [-0.25, -0.2) is 0 Å². The van der Waals surface area contributed by atoms with E-state index in [4.69, 9.17) is 9.15 Å². The second-order valence-corrected chi connectivity index (χ2v) is 3.81. The fourth-order valence-corrected chi connectivity index (χ4v) is 1.65. The number of nitrogens with one attached hydrogen (secondary N) is 1. The number of nitro benzene ring substituents is 1. The van der Waals surface area contributed by atoms with Crippen LogP contribution < -0.4 is 10.1 Å². The second-order valence-electron chi connectivity index (χ2n) is 3.81. The summed E-state index contributed by atoms with van der Waals surface area (Å²) in [5.41, 5.74) is 0.704. The maximum atomic E-state index is 10.8. The summed E-state index contributed by atoms with van der Waals surface area (Å²) in [4.78, 5) is 10.4. The van der Waals surface area contributed by atoms with Crippen molar-refractivity contribution in [3.8, 4) is 5.75 Å². The third kappa shape index (κ3) is 3.25. The molecule has 0 amide bonds. The summed E-state index contributed by atoms with van der Waals surface area (Å²) in [6.07, 6.45) is 1.60. The maximum Gasteiger partial charge on any atom is 0.311 e. The third-order valence-corrected chi connectivity index (χ3v) is 2.50. The van der Waals surface area contributed by atoms with Crippen LogP contribution in [0.25, 0.3) is 0 Å². The number of anilines is 1. The van der Waals surface area contributed by atoms with E-state index >= 15 is 0 Å². The van der Waals surface area contributed by atoms with E-state index in [1.54, 1.807) is 31.4 Å². The number of nitro groups is 1. The Hall–Kier alpha value is -2.50. The van der Waals surface area contributed by atoms with Crippen LogP contribution in [0.15, 0.2) is 41.0 Å². The lowest BCUT2D eigenvalue weighted by atomic mass is 10.2. The van der Waals surface area contributed by atoms with Crippen LogP contribution >= 0.6 is 0 Å². The molecule has 1 N–H and O–H groups in total. The molecule has 6 heteroatoms. The van der Waals surface area contributed by atoms with Crippen LogP contribution in [0.3, 0.4) is 0 Å². The summed E-state index contributed by atoms with van der Waals surface area (Å²) < 4.78 is 10.5. The second kappa shape index (κ2) is 5.90. The smallest absolute Gasteiger partial charge is 0.311 e. The molecule has 0 radical (unpaired) electrons. The van der Waals surface area contributed by atoms with Gasteiger partial charge in [0.05, 0.1) is 24.3 Å². The number of furan rings is 1. The van der Waals surface area contributed by atoms with Crippen molar-refractivity contribution in [2.75, 3.05) is 11.9 Å². The molecule has 0 saturated heterocycles. The standard InChI is InChI=1S/C13H14N2O4/c1-2-18-13-8-10(5-6-12(13)15(16)17)14-9-11-4-3-7-19-11/h3-8,14H,2,9H2,1H3. The van der Waals surface area contributed by atoms with E-state index < -0.39 is 4.92 Å². The first kappa shape index (κ1) is 12.9. The predicted octanol–water partition coefficient (Wildman–Crippen LogP) is 3.20. The molecule has 0 aliphatic carbocycles. The van der Waals surface area contributed by atoms with Crippen LogP contribution in [-0.4, -0.2) is 11.5 Å². The molecule has 2 aromatic rings. The van der Waals surface area contributed by atoms with Crippen molar-refractivity contribution in [3.63, 3.8) is 0 Å². The van der Waals surface area contributed by atoms with Crippen LogP contribution in [0.1, 0.15) is 12.7 Å². The van der Waals surface area contributed by atoms with Gasteiger partial charge >= 0.3 is 5.69 Å². The molecule has 0 spiro atoms. The Balaban J connectivity index is 2.13. The van der Waals surface area contributed by atoms with Gasteiger partial charge in [-0.3, -0.25) is 10.1 Å². The van der Waals surface area contributed by atoms with Gasteiger partial charge in [-0.05, 0) is 25.1 Å². The minimum Gasteiger partial charge on any atom is -0.487 e. The summed E-state index contributed by atoms with van der Waals surface area (Å²) in [6, 6.07) is 8.34. The lowest BCUT2D eigenvalue weighted by molar-refractivity contribution is -0.385. The highest BCUT2D eigenvalue weighted by Gasteiger charge is 2.15. The molecule has 0 atom stereocenters. The van der Waals surface area contributed by atoms with E-state index in [1.165, 1.54) is 6.07 Å². The molecule has 0 fully saturated rings. The van der Waals surface area contributed by atoms with Gasteiger partial charge in [0.15, 0.2) is 5.75 Å². The Kier molecular flexibility index (Phi) is 4.02. The summed E-state index contributed by atoms with van der Waals surface area (Å²) in [5, 5.41) is 14.0. The van der Waals surface area contributed by atoms with Gasteiger partial charge in [-0.15, -0.1) is 0 Å². The Morgan fingerprint density at radius 1 is 1.42 bits per heavy atom. The molecular formula is C13H14N2O4. The average Bonchev–Trinajstić information content (AvgIpc) is 2.90. The van der Waals surface area contributed by atoms with E-state index in [0.29, 0.717) is 13.2 Å². The molecule has 2 rings (SSSR count). The number of ether oxygens (including phenoxy) is 1. The monoisotopic (exact) mass is 262 g/mol. The highest BCUT2D eigenvalue weighted by molar-refractivity contribution is 5.58. The van der Waals surface area contributed by atoms with Crippen molar-refractivity contribution in [2.45, 2.75) is 13.5 Å². The molecule has 0 bridgehead atoms. The van der Waals surface area contributed by atoms with Gasteiger partial charge in [-0.1, -0.05) is 0 Å². The predicted molar refractivity (Wildman–Crippen MR) is 70.3 cm³/mol. The van der Waals surface area contributed by atoms with Crippen molar-refractivity contribution in [1.29, 1.82) is 0 Å². The van der Waals surface area contributed by atoms with Crippen LogP contribution in [0.5, 0.6) is 5.75 Å². The van der Waals surface area contributed by atoms with Crippen molar-refractivity contribution in [1.82, 2.24) is 0 Å². The molecule has 0 unspecified atom stereocenters. The van der Waals surface area contributed by atoms with Gasteiger partial charge in [0.2, 0.25) is 0 Å². The number of hydrogen-bond acceptors (Lipinski definition) is 5. The van der Waals surface area contributed by atoms with Gasteiger partial charge < -0.3 is 14.5 Å². The number of hydrogen-bond donors (Lipinski definition) is 1. The zero-order valence-corrected chi connectivity index (χ0v) is 10.5. The van der Waals surface area contributed by atoms with Crippen LogP contribution in [0.2, 0.25) is 0 Å². The molecule has 1 heterocycles. The average molecular weight is 262 g/mol. The van der Waals surface area contributed by atoms with Gasteiger partial charge in [-0.2, -0.15) is 0 Å². The van der Waals surface area contributed by atoms with Gasteiger partial charge in [0.1, 0.15) is 5.76 Å². The topological polar surface area (TPSA) is 77.5 Å². The molecule has 19 heavy (non-hydrogen) atoms. The first-order chi connectivity index (χ1) is 9.20. The Bertz CT molecular complexity index is 552. The lowest BCUT2D eigenvalue weighted by Crippen LogP contribution is -2.01. The van der Waals surface area contributed by atoms with E-state index in [2.05, 4.69) is 5.32 Å². The molecule has 0 aliphatic heterocycles. The minimum atomic E-state index is -0.457. The SMILES string of the molecule is CCOc1cc(NCc2ccco2)ccc1[N+](=O)[O-]. The molecule has 100 valence electrons. The number of nitrogens with zero attached hydrogens (tertiary/aromatic N) is 1. The normalized spacial score (nSPS) is 10.2. The summed E-state index contributed by atoms with van der Waals surface area (Å²) in [6.45, 7) is 2.67. The summed E-state index contributed by atoms with van der Waals surface area (Å²) >= 11 is 0. The first-order valence-corrected chi connectivity index (χ1v) is 5.88. The molecule has 0 saturated carbocycles. The van der Waals surface area contributed by atoms with Gasteiger partial charge in [0.25, 0.3) is 0 Å². The maximum absolute atomic E-state index is 10.8. The summed E-state index contributed by atoms with van der Waals surface area (Å²) in [5.74, 6) is 1.05. The van der Waals surface area contributed by atoms with Crippen molar-refractivity contribution >= 4 is 11.4 Å². The zero-order valence-electron chi connectivity index (χ0n) is 10.5. The molecule has 6 nitrogen and oxygen atoms in total. The molecule has 0 aliphatic rings. The van der Waals surface area contributed by atoms with E-state index in [1.807, 2.05) is 6.07 Å². The largest absolute Gasteiger partial charge is 0.487 e. The van der Waals surface area contributed by atoms with Crippen LogP contribution in [-0.2, 0) is 6.54 Å². The third-order valence-electron chi connectivity index (χ3n) is 2.50. The highest BCUT2D eigenvalue weighted by Crippen LogP contribution is 2.30. The number of benzene rings is 1.